The number of nitrogens with zero attached hydrogens (tertiary/aromatic N) is 2. The van der Waals surface area contributed by atoms with Gasteiger partial charge < -0.3 is 26.3 Å². The van der Waals surface area contributed by atoms with E-state index in [4.69, 9.17) is 5.73 Å². The number of piperidine rings is 1. The number of imidazole rings is 1. The Balaban J connectivity index is 1.14. The molecule has 0 spiro atoms. The Bertz CT molecular complexity index is 1630. The highest BCUT2D eigenvalue weighted by molar-refractivity contribution is 5.90. The quantitative estimate of drug-likeness (QED) is 0.247. The molecular formula is C34H42N6O3. The van der Waals surface area contributed by atoms with Gasteiger partial charge in [0.2, 0.25) is 5.91 Å². The average Bonchev–Trinajstić information content (AvgIpc) is 3.39. The molecule has 9 nitrogen and oxygen atoms in total. The number of carbonyl (C=O) groups is 2. The monoisotopic (exact) mass is 582 g/mol. The number of hydrogen-bond donors (Lipinski definition) is 4. The number of fused-ring (bicyclic) bond motifs is 2. The first-order chi connectivity index (χ1) is 21.0. The van der Waals surface area contributed by atoms with Crippen molar-refractivity contribution in [2.45, 2.75) is 57.0 Å². The number of aromatic amines is 1. The molecular weight excluding hydrogens is 540 g/mol. The number of para-hydroxylation sites is 2. The lowest BCUT2D eigenvalue weighted by Gasteiger charge is -2.34. The van der Waals surface area contributed by atoms with E-state index in [-0.39, 0.29) is 23.7 Å². The van der Waals surface area contributed by atoms with E-state index in [0.29, 0.717) is 57.3 Å². The second kappa shape index (κ2) is 13.0. The van der Waals surface area contributed by atoms with E-state index in [1.165, 1.54) is 0 Å². The lowest BCUT2D eigenvalue weighted by atomic mass is 9.81. The second-order valence-electron chi connectivity index (χ2n) is 12.3. The lowest BCUT2D eigenvalue weighted by molar-refractivity contribution is -0.123. The Morgan fingerprint density at radius 1 is 0.930 bits per heavy atom. The summed E-state index contributed by atoms with van der Waals surface area (Å²) >= 11 is 0. The second-order valence-corrected chi connectivity index (χ2v) is 12.3. The minimum absolute atomic E-state index is 0.00955. The summed E-state index contributed by atoms with van der Waals surface area (Å²) in [5.74, 6) is 0.772. The summed E-state index contributed by atoms with van der Waals surface area (Å²) in [4.78, 5) is 44.7. The van der Waals surface area contributed by atoms with Gasteiger partial charge in [-0.2, -0.15) is 0 Å². The molecule has 4 aromatic rings. The molecule has 3 atom stereocenters. The number of aromatic nitrogens is 2. The van der Waals surface area contributed by atoms with Crippen molar-refractivity contribution in [2.24, 2.45) is 17.6 Å². The predicted molar refractivity (Wildman–Crippen MR) is 170 cm³/mol. The van der Waals surface area contributed by atoms with Crippen LogP contribution >= 0.6 is 0 Å². The van der Waals surface area contributed by atoms with Crippen molar-refractivity contribution in [1.29, 1.82) is 0 Å². The van der Waals surface area contributed by atoms with Crippen molar-refractivity contribution in [2.75, 3.05) is 26.2 Å². The third kappa shape index (κ3) is 6.46. The lowest BCUT2D eigenvalue weighted by Crippen LogP contribution is -2.54. The molecule has 5 N–H and O–H groups in total. The fourth-order valence-corrected chi connectivity index (χ4v) is 7.07. The van der Waals surface area contributed by atoms with E-state index in [0.717, 1.165) is 53.1 Å². The third-order valence-corrected chi connectivity index (χ3v) is 9.45. The number of nitrogens with two attached hydrogens (primary N) is 1. The topological polar surface area (TPSA) is 125 Å². The number of benzene rings is 3. The fourth-order valence-electron chi connectivity index (χ4n) is 7.07. The van der Waals surface area contributed by atoms with Gasteiger partial charge in [-0.1, -0.05) is 61.0 Å². The Morgan fingerprint density at radius 2 is 1.67 bits per heavy atom. The number of carbonyl (C=O) groups excluding carboxylic acids is 2. The molecule has 1 aliphatic carbocycles. The van der Waals surface area contributed by atoms with Crippen LogP contribution < -0.4 is 22.1 Å². The van der Waals surface area contributed by atoms with Crippen LogP contribution in [-0.4, -0.2) is 58.6 Å². The molecule has 9 heteroatoms. The minimum atomic E-state index is -0.707. The van der Waals surface area contributed by atoms with Crippen LogP contribution in [0.25, 0.3) is 21.8 Å². The summed E-state index contributed by atoms with van der Waals surface area (Å²) in [5, 5.41) is 8.44. The Morgan fingerprint density at radius 3 is 2.51 bits per heavy atom. The van der Waals surface area contributed by atoms with Gasteiger partial charge in [0.15, 0.2) is 0 Å². The van der Waals surface area contributed by atoms with Crippen molar-refractivity contribution < 1.29 is 9.59 Å². The van der Waals surface area contributed by atoms with Crippen molar-refractivity contribution >= 4 is 33.7 Å². The zero-order valence-electron chi connectivity index (χ0n) is 24.6. The van der Waals surface area contributed by atoms with Gasteiger partial charge in [-0.3, -0.25) is 9.36 Å². The van der Waals surface area contributed by atoms with Crippen molar-refractivity contribution in [1.82, 2.24) is 25.1 Å². The summed E-state index contributed by atoms with van der Waals surface area (Å²) in [5.41, 5.74) is 8.55. The molecule has 43 heavy (non-hydrogen) atoms. The van der Waals surface area contributed by atoms with Gasteiger partial charge in [-0.25, -0.2) is 9.59 Å². The number of nitrogens with one attached hydrogen (secondary N) is 3. The van der Waals surface area contributed by atoms with E-state index in [1.807, 2.05) is 53.1 Å². The zero-order valence-corrected chi connectivity index (χ0v) is 24.6. The molecule has 0 bridgehead atoms. The van der Waals surface area contributed by atoms with Crippen molar-refractivity contribution in [3.05, 3.63) is 82.8 Å². The Labute approximate surface area is 251 Å². The molecule has 0 radical (unpaired) electrons. The smallest absolute Gasteiger partial charge is 0.326 e. The number of hydrogen-bond acceptors (Lipinski definition) is 4. The number of amides is 3. The summed E-state index contributed by atoms with van der Waals surface area (Å²) in [6, 6.07) is 21.0. The maximum Gasteiger partial charge on any atom is 0.326 e. The maximum atomic E-state index is 13.7. The van der Waals surface area contributed by atoms with Gasteiger partial charge >= 0.3 is 11.7 Å². The number of likely N-dealkylation sites (tertiary alicyclic amines) is 1. The highest BCUT2D eigenvalue weighted by Gasteiger charge is 2.30. The summed E-state index contributed by atoms with van der Waals surface area (Å²) in [7, 11) is 0. The number of H-pyrrole nitrogens is 1. The third-order valence-electron chi connectivity index (χ3n) is 9.45. The highest BCUT2D eigenvalue weighted by Crippen LogP contribution is 2.28. The van der Waals surface area contributed by atoms with E-state index in [2.05, 4.69) is 33.8 Å². The molecule has 1 unspecified atom stereocenters. The SMILES string of the molecule is NC[C@H]1CCC[C@@H](CNC(=O)C(Cc2cccc3ccccc23)NC(=O)N2CCC(n3c(=O)[nH]c4ccccc43)CC2)C1. The van der Waals surface area contributed by atoms with Crippen molar-refractivity contribution in [3.8, 4) is 0 Å². The molecule has 6 rings (SSSR count). The first-order valence-electron chi connectivity index (χ1n) is 15.7. The molecule has 3 amide bonds. The fraction of sp³-hybridized carbons (Fsp3) is 0.441. The highest BCUT2D eigenvalue weighted by atomic mass is 16.2. The standard InChI is InChI=1S/C34H42N6O3/c35-21-23-7-5-8-24(19-23)22-36-32(41)30(20-26-11-6-10-25-9-1-2-12-28(25)26)38-33(42)39-17-15-27(16-18-39)40-31-14-4-3-13-29(31)37-34(40)43/h1-4,6,9-14,23-24,27,30H,5,7-8,15-22,35H2,(H,36,41)(H,37,43)(H,38,42)/t23-,24+,30?/m0/s1. The van der Waals surface area contributed by atoms with E-state index >= 15 is 0 Å². The number of rotatable bonds is 8. The van der Waals surface area contributed by atoms with Crippen LogP contribution in [0.2, 0.25) is 0 Å². The van der Waals surface area contributed by atoms with Crippen LogP contribution in [0.4, 0.5) is 4.79 Å². The Hall–Kier alpha value is -4.11. The molecule has 1 saturated carbocycles. The van der Waals surface area contributed by atoms with Gasteiger partial charge in [0.25, 0.3) is 0 Å². The summed E-state index contributed by atoms with van der Waals surface area (Å²) < 4.78 is 1.82. The molecule has 2 aliphatic rings. The van der Waals surface area contributed by atoms with Crippen LogP contribution in [0.5, 0.6) is 0 Å². The van der Waals surface area contributed by atoms with Gasteiger partial charge in [0.05, 0.1) is 11.0 Å². The maximum absolute atomic E-state index is 13.7. The summed E-state index contributed by atoms with van der Waals surface area (Å²) in [6.45, 7) is 2.30. The average molecular weight is 583 g/mol. The van der Waals surface area contributed by atoms with E-state index in [1.54, 1.807) is 4.90 Å². The molecule has 1 saturated heterocycles. The first-order valence-corrected chi connectivity index (χ1v) is 15.7. The largest absolute Gasteiger partial charge is 0.354 e. The van der Waals surface area contributed by atoms with Crippen LogP contribution in [0.1, 0.15) is 50.1 Å². The van der Waals surface area contributed by atoms with E-state index < -0.39 is 6.04 Å². The first kappa shape index (κ1) is 29.0. The van der Waals surface area contributed by atoms with Gasteiger partial charge in [-0.15, -0.1) is 0 Å². The Kier molecular flexibility index (Phi) is 8.79. The number of urea groups is 1. The normalized spacial score (nSPS) is 20.3. The molecule has 2 fully saturated rings. The zero-order chi connectivity index (χ0) is 29.8. The molecule has 2 heterocycles. The van der Waals surface area contributed by atoms with Crippen LogP contribution in [-0.2, 0) is 11.2 Å². The van der Waals surface area contributed by atoms with E-state index in [9.17, 15) is 14.4 Å². The van der Waals surface area contributed by atoms with Crippen LogP contribution in [0, 0.1) is 11.8 Å². The molecule has 3 aromatic carbocycles. The minimum Gasteiger partial charge on any atom is -0.354 e. The van der Waals surface area contributed by atoms with Crippen LogP contribution in [0.3, 0.4) is 0 Å². The molecule has 1 aromatic heterocycles. The molecule has 226 valence electrons. The molecule has 1 aliphatic heterocycles. The van der Waals surface area contributed by atoms with Gasteiger partial charge in [-0.05, 0) is 79.0 Å². The predicted octanol–water partition coefficient (Wildman–Crippen LogP) is 4.32. The van der Waals surface area contributed by atoms with Crippen molar-refractivity contribution in [3.63, 3.8) is 0 Å². The summed E-state index contributed by atoms with van der Waals surface area (Å²) in [6.07, 6.45) is 6.15. The van der Waals surface area contributed by atoms with Gasteiger partial charge in [0.1, 0.15) is 6.04 Å². The van der Waals surface area contributed by atoms with Gasteiger partial charge in [0, 0.05) is 32.1 Å². The van der Waals surface area contributed by atoms with Crippen LogP contribution in [0.15, 0.2) is 71.5 Å².